The number of carboxylic acids is 1. The Kier molecular flexibility index (Phi) is 8.78. The Morgan fingerprint density at radius 1 is 1.03 bits per heavy atom. The van der Waals surface area contributed by atoms with E-state index in [9.17, 15) is 14.7 Å². The van der Waals surface area contributed by atoms with Crippen LogP contribution in [0, 0.1) is 6.92 Å². The van der Waals surface area contributed by atoms with Crippen molar-refractivity contribution >= 4 is 29.3 Å². The van der Waals surface area contributed by atoms with Gasteiger partial charge in [0.25, 0.3) is 5.91 Å². The van der Waals surface area contributed by atoms with Crippen molar-refractivity contribution in [3.63, 3.8) is 0 Å². The molecular formula is C28H35N3O3S. The number of rotatable bonds is 11. The predicted octanol–water partition coefficient (Wildman–Crippen LogP) is 6.82. The fourth-order valence-corrected chi connectivity index (χ4v) is 4.74. The number of amides is 1. The predicted molar refractivity (Wildman–Crippen MR) is 143 cm³/mol. The van der Waals surface area contributed by atoms with Crippen LogP contribution in [-0.4, -0.2) is 31.3 Å². The maximum Gasteiger partial charge on any atom is 0.319 e. The van der Waals surface area contributed by atoms with Gasteiger partial charge >= 0.3 is 5.97 Å². The molecule has 0 radical (unpaired) electrons. The minimum Gasteiger partial charge on any atom is -0.480 e. The number of carboxylic acid groups (broad SMARTS) is 1. The zero-order valence-corrected chi connectivity index (χ0v) is 22.0. The first kappa shape index (κ1) is 26.5. The first-order valence-electron chi connectivity index (χ1n) is 12.2. The Hall–Kier alpha value is -3.06. The van der Waals surface area contributed by atoms with E-state index in [-0.39, 0.29) is 5.91 Å². The molecule has 7 heteroatoms. The standard InChI is InChI=1S/C28H35N3O3S/c1-6-8-9-18-31-19(3)24(26(32)29-22-14-10-20(7-2)11-15-22)30-25(31)21-12-16-23(17-13-21)35-28(4,5)27(33)34/h10-17H,6-9,18H2,1-5H3,(H,29,32)(H,33,34). The second-order valence-electron chi connectivity index (χ2n) is 9.17. The Morgan fingerprint density at radius 3 is 2.26 bits per heavy atom. The smallest absolute Gasteiger partial charge is 0.319 e. The molecule has 0 aliphatic carbocycles. The molecule has 6 nitrogen and oxygen atoms in total. The third-order valence-electron chi connectivity index (χ3n) is 6.04. The number of hydrogen-bond donors (Lipinski definition) is 2. The maximum atomic E-state index is 13.1. The zero-order valence-electron chi connectivity index (χ0n) is 21.2. The largest absolute Gasteiger partial charge is 0.480 e. The van der Waals surface area contributed by atoms with Gasteiger partial charge < -0.3 is 15.0 Å². The van der Waals surface area contributed by atoms with Gasteiger partial charge in [0.05, 0.1) is 0 Å². The van der Waals surface area contributed by atoms with Gasteiger partial charge in [-0.3, -0.25) is 9.59 Å². The number of carbonyl (C=O) groups is 2. The summed E-state index contributed by atoms with van der Waals surface area (Å²) in [7, 11) is 0. The van der Waals surface area contributed by atoms with Crippen LogP contribution < -0.4 is 5.32 Å². The van der Waals surface area contributed by atoms with Crippen molar-refractivity contribution in [1.82, 2.24) is 9.55 Å². The van der Waals surface area contributed by atoms with Gasteiger partial charge in [-0.05, 0) is 63.4 Å². The number of aliphatic carboxylic acids is 1. The van der Waals surface area contributed by atoms with Crippen LogP contribution in [-0.2, 0) is 17.8 Å². The van der Waals surface area contributed by atoms with E-state index in [4.69, 9.17) is 4.98 Å². The van der Waals surface area contributed by atoms with Gasteiger partial charge in [0.15, 0.2) is 0 Å². The highest BCUT2D eigenvalue weighted by molar-refractivity contribution is 8.01. The summed E-state index contributed by atoms with van der Waals surface area (Å²) in [5.74, 6) is -0.328. The van der Waals surface area contributed by atoms with E-state index in [1.54, 1.807) is 13.8 Å². The van der Waals surface area contributed by atoms with Gasteiger partial charge in [0.1, 0.15) is 16.3 Å². The first-order valence-corrected chi connectivity index (χ1v) is 13.0. The molecule has 35 heavy (non-hydrogen) atoms. The molecule has 1 amide bonds. The summed E-state index contributed by atoms with van der Waals surface area (Å²) in [6.07, 6.45) is 4.16. The average molecular weight is 494 g/mol. The summed E-state index contributed by atoms with van der Waals surface area (Å²) in [5.41, 5.74) is 4.12. The Morgan fingerprint density at radius 2 is 1.69 bits per heavy atom. The van der Waals surface area contributed by atoms with Gasteiger partial charge in [-0.15, -0.1) is 11.8 Å². The lowest BCUT2D eigenvalue weighted by Crippen LogP contribution is -2.26. The van der Waals surface area contributed by atoms with E-state index in [1.165, 1.54) is 17.3 Å². The quantitative estimate of drug-likeness (QED) is 0.226. The lowest BCUT2D eigenvalue weighted by molar-refractivity contribution is -0.138. The van der Waals surface area contributed by atoms with E-state index in [0.717, 1.165) is 59.9 Å². The number of nitrogens with one attached hydrogen (secondary N) is 1. The monoisotopic (exact) mass is 493 g/mol. The molecule has 0 unspecified atom stereocenters. The molecule has 0 spiro atoms. The molecule has 0 saturated carbocycles. The van der Waals surface area contributed by atoms with Crippen molar-refractivity contribution in [3.05, 3.63) is 65.5 Å². The number of unbranched alkanes of at least 4 members (excludes halogenated alkanes) is 2. The summed E-state index contributed by atoms with van der Waals surface area (Å²) >= 11 is 1.31. The van der Waals surface area contributed by atoms with Crippen LogP contribution in [0.5, 0.6) is 0 Å². The van der Waals surface area contributed by atoms with Crippen molar-refractivity contribution in [3.8, 4) is 11.4 Å². The molecule has 0 aliphatic heterocycles. The Balaban J connectivity index is 1.90. The Bertz CT molecular complexity index is 1170. The van der Waals surface area contributed by atoms with Crippen molar-refractivity contribution in [2.45, 2.75) is 76.5 Å². The topological polar surface area (TPSA) is 84.2 Å². The molecule has 1 aromatic heterocycles. The van der Waals surface area contributed by atoms with Gasteiger partial charge in [-0.1, -0.05) is 51.0 Å². The normalized spacial score (nSPS) is 11.5. The number of benzene rings is 2. The molecule has 1 heterocycles. The SMILES string of the molecule is CCCCCn1c(-c2ccc(SC(C)(C)C(=O)O)cc2)nc(C(=O)Nc2ccc(CC)cc2)c1C. The maximum absolute atomic E-state index is 13.1. The van der Waals surface area contributed by atoms with Crippen LogP contribution in [0.25, 0.3) is 11.4 Å². The second kappa shape index (κ2) is 11.6. The van der Waals surface area contributed by atoms with Crippen LogP contribution in [0.3, 0.4) is 0 Å². The van der Waals surface area contributed by atoms with Crippen molar-refractivity contribution in [2.24, 2.45) is 0 Å². The molecule has 186 valence electrons. The lowest BCUT2D eigenvalue weighted by Gasteiger charge is -2.18. The van der Waals surface area contributed by atoms with Crippen LogP contribution >= 0.6 is 11.8 Å². The fraction of sp³-hybridized carbons (Fsp3) is 0.393. The van der Waals surface area contributed by atoms with Crippen molar-refractivity contribution in [2.75, 3.05) is 5.32 Å². The van der Waals surface area contributed by atoms with E-state index < -0.39 is 10.7 Å². The summed E-state index contributed by atoms with van der Waals surface area (Å²) in [6.45, 7) is 10.4. The number of imidazole rings is 1. The number of anilines is 1. The summed E-state index contributed by atoms with van der Waals surface area (Å²) in [5, 5.41) is 12.4. The summed E-state index contributed by atoms with van der Waals surface area (Å²) in [4.78, 5) is 30.3. The molecule has 0 bridgehead atoms. The van der Waals surface area contributed by atoms with Crippen LogP contribution in [0.15, 0.2) is 53.4 Å². The van der Waals surface area contributed by atoms with E-state index in [2.05, 4.69) is 23.7 Å². The molecule has 0 saturated heterocycles. The molecular weight excluding hydrogens is 458 g/mol. The number of carbonyl (C=O) groups excluding carboxylic acids is 1. The van der Waals surface area contributed by atoms with Crippen molar-refractivity contribution < 1.29 is 14.7 Å². The number of thioether (sulfide) groups is 1. The summed E-state index contributed by atoms with van der Waals surface area (Å²) in [6, 6.07) is 15.6. The van der Waals surface area contributed by atoms with Gasteiger partial charge in [-0.2, -0.15) is 0 Å². The minimum atomic E-state index is -0.919. The number of hydrogen-bond acceptors (Lipinski definition) is 4. The highest BCUT2D eigenvalue weighted by Gasteiger charge is 2.28. The van der Waals surface area contributed by atoms with Gasteiger partial charge in [0.2, 0.25) is 0 Å². The molecule has 2 N–H and O–H groups in total. The third kappa shape index (κ3) is 6.54. The highest BCUT2D eigenvalue weighted by Crippen LogP contribution is 2.34. The summed E-state index contributed by atoms with van der Waals surface area (Å²) < 4.78 is 1.20. The molecule has 0 atom stereocenters. The van der Waals surface area contributed by atoms with Gasteiger partial charge in [0, 0.05) is 28.4 Å². The minimum absolute atomic E-state index is 0.224. The third-order valence-corrected chi connectivity index (χ3v) is 7.23. The number of aromatic nitrogens is 2. The molecule has 0 aliphatic rings. The molecule has 3 rings (SSSR count). The zero-order chi connectivity index (χ0) is 25.6. The lowest BCUT2D eigenvalue weighted by atomic mass is 10.1. The second-order valence-corrected chi connectivity index (χ2v) is 10.9. The van der Waals surface area contributed by atoms with Gasteiger partial charge in [-0.25, -0.2) is 4.98 Å². The molecule has 0 fully saturated rings. The fourth-order valence-electron chi connectivity index (χ4n) is 3.79. The molecule has 3 aromatic rings. The van der Waals surface area contributed by atoms with Crippen molar-refractivity contribution in [1.29, 1.82) is 0 Å². The first-order chi connectivity index (χ1) is 16.7. The number of aryl methyl sites for hydroxylation is 1. The van der Waals surface area contributed by atoms with Crippen LogP contribution in [0.2, 0.25) is 0 Å². The van der Waals surface area contributed by atoms with E-state index in [1.807, 2.05) is 55.5 Å². The Labute approximate surface area is 212 Å². The van der Waals surface area contributed by atoms with Crippen LogP contribution in [0.1, 0.15) is 68.7 Å². The van der Waals surface area contributed by atoms with E-state index >= 15 is 0 Å². The van der Waals surface area contributed by atoms with E-state index in [0.29, 0.717) is 5.69 Å². The average Bonchev–Trinajstić information content (AvgIpc) is 3.16. The van der Waals surface area contributed by atoms with Crippen LogP contribution in [0.4, 0.5) is 5.69 Å². The molecule has 2 aromatic carbocycles. The number of nitrogens with zero attached hydrogens (tertiary/aromatic N) is 2. The highest BCUT2D eigenvalue weighted by atomic mass is 32.2.